The Hall–Kier alpha value is 0.223. The predicted octanol–water partition coefficient (Wildman–Crippen LogP) is 5.20. The molecule has 0 bridgehead atoms. The van der Waals surface area contributed by atoms with Gasteiger partial charge in [0.1, 0.15) is 0 Å². The van der Waals surface area contributed by atoms with Crippen molar-refractivity contribution in [3.8, 4) is 0 Å². The minimum Gasteiger partial charge on any atom is -0.214 e. The van der Waals surface area contributed by atoms with Gasteiger partial charge in [0.2, 0.25) is 0 Å². The van der Waals surface area contributed by atoms with Crippen LogP contribution in [0.25, 0.3) is 0 Å². The molecule has 3 nitrogen and oxygen atoms in total. The van der Waals surface area contributed by atoms with Crippen LogP contribution in [0.15, 0.2) is 30.3 Å². The van der Waals surface area contributed by atoms with Gasteiger partial charge in [0.05, 0.1) is 18.3 Å². The minimum atomic E-state index is -4.98. The fraction of sp³-hybridized carbons (Fsp3) is 0.737. The zero-order chi connectivity index (χ0) is 24.1. The van der Waals surface area contributed by atoms with Crippen LogP contribution in [-0.4, -0.2) is 59.1 Å². The first-order valence-corrected chi connectivity index (χ1v) is 11.7. The van der Waals surface area contributed by atoms with Crippen LogP contribution in [0.3, 0.4) is 0 Å². The smallest absolute Gasteiger partial charge is 0 e. The van der Waals surface area contributed by atoms with Crippen molar-refractivity contribution < 1.29 is 67.5 Å². The fourth-order valence-corrected chi connectivity index (χ4v) is 1.29. The van der Waals surface area contributed by atoms with Crippen molar-refractivity contribution in [3.63, 3.8) is 0 Å². The van der Waals surface area contributed by atoms with Crippen LogP contribution < -0.4 is 0 Å². The molecule has 3 unspecified atom stereocenters. The molecule has 0 saturated carbocycles. The van der Waals surface area contributed by atoms with Gasteiger partial charge in [-0.05, 0) is 40.0 Å². The fourth-order valence-electron chi connectivity index (χ4n) is 0.506. The van der Waals surface area contributed by atoms with Crippen molar-refractivity contribution in [1.29, 1.82) is 0 Å². The van der Waals surface area contributed by atoms with Gasteiger partial charge in [-0.25, -0.2) is 12.1 Å². The maximum atomic E-state index is 10.9. The Labute approximate surface area is 201 Å². The van der Waals surface area contributed by atoms with E-state index in [4.69, 9.17) is 15.3 Å². The van der Waals surface area contributed by atoms with Gasteiger partial charge in [-0.15, -0.1) is 0 Å². The summed E-state index contributed by atoms with van der Waals surface area (Å²) >= 11 is -4.06. The number of alkyl halides is 6. The molecule has 11 heteroatoms. The van der Waals surface area contributed by atoms with E-state index in [1.807, 2.05) is 51.1 Å². The van der Waals surface area contributed by atoms with Crippen molar-refractivity contribution in [2.45, 2.75) is 89.1 Å². The molecule has 0 fully saturated rings. The maximum Gasteiger partial charge on any atom is 0 e. The Morgan fingerprint density at radius 2 is 0.900 bits per heavy atom. The molecule has 0 saturated heterocycles. The van der Waals surface area contributed by atoms with Crippen LogP contribution in [0.4, 0.5) is 26.3 Å². The second-order valence-corrected chi connectivity index (χ2v) is 9.31. The predicted molar refractivity (Wildman–Crippen MR) is 107 cm³/mol. The first kappa shape index (κ1) is 40.6. The van der Waals surface area contributed by atoms with Gasteiger partial charge in [-0.1, -0.05) is 20.8 Å². The van der Waals surface area contributed by atoms with Gasteiger partial charge < -0.3 is 15.3 Å². The van der Waals surface area contributed by atoms with Crippen LogP contribution in [0, 0.1) is 0 Å². The molecule has 3 atom stereocenters. The van der Waals surface area contributed by atoms with E-state index < -0.39 is 25.4 Å². The molecular weight excluding hydrogens is 641 g/mol. The second kappa shape index (κ2) is 25.5. The van der Waals surface area contributed by atoms with E-state index in [9.17, 15) is 26.3 Å². The second-order valence-electron chi connectivity index (χ2n) is 5.96. The van der Waals surface area contributed by atoms with Crippen LogP contribution in [0.5, 0.6) is 0 Å². The van der Waals surface area contributed by atoms with Crippen molar-refractivity contribution in [2.75, 3.05) is 0 Å². The van der Waals surface area contributed by atoms with E-state index in [0.717, 1.165) is 19.3 Å². The average molecular weight is 678 g/mol. The standard InChI is InChI=1S/C5H5.3C4H10O.C2HF6Ge.Hf/c1-2-4-5-3-1;3*1-3-4(2)5;3-1(4,5)9-2(6,7)8;/h1-5H;3*4-5H,3H2,1-2H3;9H;/q-1;;;;;. The van der Waals surface area contributed by atoms with Gasteiger partial charge in [0, 0.05) is 25.8 Å². The normalized spacial score (nSPS) is 13.0. The molecule has 0 aromatic heterocycles. The summed E-state index contributed by atoms with van der Waals surface area (Å²) in [6.45, 7) is 11.2. The molecule has 0 spiro atoms. The van der Waals surface area contributed by atoms with Crippen LogP contribution in [-0.2, 0) is 25.8 Å². The van der Waals surface area contributed by atoms with Gasteiger partial charge in [-0.2, -0.15) is 18.2 Å². The molecule has 0 heterocycles. The molecule has 3 N–H and O–H groups in total. The van der Waals surface area contributed by atoms with Crippen molar-refractivity contribution >= 4 is 15.4 Å². The largest absolute Gasteiger partial charge is 0.214 e. The first-order chi connectivity index (χ1) is 13.0. The minimum absolute atomic E-state index is 0. The Balaban J connectivity index is -0.0000000884. The van der Waals surface area contributed by atoms with Crippen LogP contribution in [0.2, 0.25) is 0 Å². The quantitative estimate of drug-likeness (QED) is 0.235. The number of aliphatic hydroxyl groups excluding tert-OH is 3. The van der Waals surface area contributed by atoms with Gasteiger partial charge in [0.15, 0.2) is 0 Å². The summed E-state index contributed by atoms with van der Waals surface area (Å²) in [6, 6.07) is 10.0. The van der Waals surface area contributed by atoms with Crippen molar-refractivity contribution in [2.24, 2.45) is 0 Å². The summed E-state index contributed by atoms with van der Waals surface area (Å²) in [6.07, 6.45) is 2.24. The Morgan fingerprint density at radius 1 is 0.700 bits per heavy atom. The van der Waals surface area contributed by atoms with Crippen molar-refractivity contribution in [1.82, 2.24) is 0 Å². The average Bonchev–Trinajstić information content (AvgIpc) is 3.12. The molecule has 181 valence electrons. The van der Waals surface area contributed by atoms with E-state index >= 15 is 0 Å². The molecule has 0 aliphatic heterocycles. The molecule has 0 aliphatic rings. The first-order valence-electron chi connectivity index (χ1n) is 9.23. The zero-order valence-electron chi connectivity index (χ0n) is 18.4. The summed E-state index contributed by atoms with van der Waals surface area (Å²) in [7, 11) is 0. The Kier molecular flexibility index (Phi) is 34.5. The number of hydrogen-bond donors (Lipinski definition) is 3. The van der Waals surface area contributed by atoms with E-state index in [0.29, 0.717) is 0 Å². The summed E-state index contributed by atoms with van der Waals surface area (Å²) in [4.78, 5) is 0. The number of rotatable bonds is 3. The van der Waals surface area contributed by atoms with E-state index in [1.54, 1.807) is 20.8 Å². The Bertz CT molecular complexity index is 350. The number of aliphatic hydroxyl groups is 3. The van der Waals surface area contributed by atoms with Gasteiger partial charge in [-0.3, -0.25) is 0 Å². The van der Waals surface area contributed by atoms with Gasteiger partial charge >= 0.3 is 51.8 Å². The SMILES string of the molecule is CCC(C)O.CCC(C)O.CCC(C)O.F[C](F)(F)[GeH][C](F)(F)F.[Hf].c1cc[cH-]c1. The van der Waals surface area contributed by atoms with Crippen LogP contribution in [0.1, 0.15) is 60.8 Å². The zero-order valence-corrected chi connectivity index (χ0v) is 24.4. The van der Waals surface area contributed by atoms with Crippen LogP contribution >= 0.6 is 0 Å². The monoisotopic (exact) mass is 680 g/mol. The molecule has 30 heavy (non-hydrogen) atoms. The third-order valence-corrected chi connectivity index (χ3v) is 4.03. The third-order valence-electron chi connectivity index (χ3n) is 2.66. The third kappa shape index (κ3) is 70.5. The molecule has 1 radical (unpaired) electrons. The Morgan fingerprint density at radius 3 is 0.933 bits per heavy atom. The van der Waals surface area contributed by atoms with Crippen molar-refractivity contribution in [3.05, 3.63) is 30.3 Å². The molecule has 1 aromatic carbocycles. The van der Waals surface area contributed by atoms with E-state index in [1.165, 1.54) is 0 Å². The maximum absolute atomic E-state index is 10.9. The number of halogens is 6. The molecule has 1 aromatic rings. The van der Waals surface area contributed by atoms with Gasteiger partial charge in [0.25, 0.3) is 0 Å². The van der Waals surface area contributed by atoms with E-state index in [-0.39, 0.29) is 44.2 Å². The molecule has 1 rings (SSSR count). The summed E-state index contributed by atoms with van der Waals surface area (Å²) in [5.74, 6) is 0. The molecule has 0 aliphatic carbocycles. The summed E-state index contributed by atoms with van der Waals surface area (Å²) in [5, 5.41) is 15.1. The topological polar surface area (TPSA) is 60.7 Å². The summed E-state index contributed by atoms with van der Waals surface area (Å²) < 4.78 is 65.4. The molecule has 0 amide bonds. The summed E-state index contributed by atoms with van der Waals surface area (Å²) in [5.41, 5.74) is 0. The van der Waals surface area contributed by atoms with E-state index in [2.05, 4.69) is 0 Å². The number of hydrogen-bond acceptors (Lipinski definition) is 3. The molecular formula is C19H36F6GeHfO3-.